The molecule has 1 aromatic rings. The van der Waals surface area contributed by atoms with Gasteiger partial charge in [-0.15, -0.1) is 0 Å². The maximum Gasteiger partial charge on any atom is 0.422 e. The number of carbonyl (C=O) groups excluding carboxylic acids is 1. The van der Waals surface area contributed by atoms with E-state index < -0.39 is 52.5 Å². The van der Waals surface area contributed by atoms with Crippen molar-refractivity contribution >= 4 is 11.6 Å². The summed E-state index contributed by atoms with van der Waals surface area (Å²) in [5, 5.41) is 1.67. The molecule has 0 radical (unpaired) electrons. The molecular weight excluding hydrogens is 331 g/mol. The molecule has 1 saturated carbocycles. The van der Waals surface area contributed by atoms with E-state index in [9.17, 15) is 35.5 Å². The van der Waals surface area contributed by atoms with Crippen LogP contribution in [0.25, 0.3) is 0 Å². The molecule has 0 aliphatic heterocycles. The molecule has 2 rings (SSSR count). The summed E-state index contributed by atoms with van der Waals surface area (Å²) in [6.07, 6.45) is -2.45. The molecule has 9 heteroatoms. The molecule has 1 aliphatic rings. The Balaban J connectivity index is 2.38. The molecule has 0 unspecified atom stereocenters. The molecule has 1 fully saturated rings. The second-order valence-electron chi connectivity index (χ2n) is 5.33. The van der Waals surface area contributed by atoms with Crippen LogP contribution in [0, 0.1) is 29.2 Å². The van der Waals surface area contributed by atoms with Gasteiger partial charge in [0, 0.05) is 5.92 Å². The Kier molecular flexibility index (Phi) is 4.86. The van der Waals surface area contributed by atoms with Crippen LogP contribution in [0.3, 0.4) is 0 Å². The topological polar surface area (TPSA) is 29.1 Å². The zero-order valence-electron chi connectivity index (χ0n) is 11.7. The zero-order chi connectivity index (χ0) is 17.4. The molecule has 1 amide bonds. The summed E-state index contributed by atoms with van der Waals surface area (Å²) in [7, 11) is 0. The Bertz CT molecular complexity index is 592. The zero-order valence-corrected chi connectivity index (χ0v) is 11.7. The van der Waals surface area contributed by atoms with E-state index in [1.54, 1.807) is 5.32 Å². The van der Waals surface area contributed by atoms with Gasteiger partial charge in [-0.25, -0.2) is 17.6 Å². The van der Waals surface area contributed by atoms with E-state index >= 15 is 0 Å². The van der Waals surface area contributed by atoms with E-state index in [1.165, 1.54) is 0 Å². The van der Waals surface area contributed by atoms with Crippen molar-refractivity contribution < 1.29 is 35.5 Å². The van der Waals surface area contributed by atoms with Gasteiger partial charge in [-0.05, 0) is 12.8 Å². The molecule has 0 atom stereocenters. The van der Waals surface area contributed by atoms with Gasteiger partial charge in [0.2, 0.25) is 5.91 Å². The predicted molar refractivity (Wildman–Crippen MR) is 66.5 cm³/mol. The number of anilines is 1. The second kappa shape index (κ2) is 6.37. The Labute approximate surface area is 126 Å². The van der Waals surface area contributed by atoms with Crippen LogP contribution in [0.2, 0.25) is 0 Å². The maximum absolute atomic E-state index is 13.7. The highest BCUT2D eigenvalue weighted by atomic mass is 19.4. The van der Waals surface area contributed by atoms with Gasteiger partial charge < -0.3 is 5.32 Å². The third-order valence-electron chi connectivity index (χ3n) is 3.77. The lowest BCUT2D eigenvalue weighted by Gasteiger charge is -2.21. The van der Waals surface area contributed by atoms with Crippen molar-refractivity contribution in [2.75, 3.05) is 5.32 Å². The summed E-state index contributed by atoms with van der Waals surface area (Å²) < 4.78 is 91.6. The fourth-order valence-electron chi connectivity index (χ4n) is 2.58. The molecule has 23 heavy (non-hydrogen) atoms. The summed E-state index contributed by atoms with van der Waals surface area (Å²) in [5.41, 5.74) is -4.20. The minimum absolute atomic E-state index is 0.431. The molecule has 0 spiro atoms. The summed E-state index contributed by atoms with van der Waals surface area (Å²) >= 11 is 0. The number of rotatable bonds is 2. The number of hydrogen-bond acceptors (Lipinski definition) is 1. The van der Waals surface area contributed by atoms with Gasteiger partial charge in [0.25, 0.3) is 0 Å². The summed E-state index contributed by atoms with van der Waals surface area (Å²) in [6.45, 7) is 0. The molecular formula is C14H12F7NO. The second-order valence-corrected chi connectivity index (χ2v) is 5.33. The molecule has 0 aromatic heterocycles. The van der Waals surface area contributed by atoms with E-state index in [4.69, 9.17) is 0 Å². The quantitative estimate of drug-likeness (QED) is 0.608. The molecule has 1 aliphatic carbocycles. The molecule has 0 bridgehead atoms. The fraction of sp³-hybridized carbons (Fsp3) is 0.500. The molecule has 0 heterocycles. The average molecular weight is 343 g/mol. The van der Waals surface area contributed by atoms with Crippen molar-refractivity contribution in [3.63, 3.8) is 0 Å². The number of alkyl halides is 3. The van der Waals surface area contributed by atoms with Crippen molar-refractivity contribution in [2.24, 2.45) is 5.92 Å². The van der Waals surface area contributed by atoms with E-state index in [1.807, 2.05) is 0 Å². The van der Waals surface area contributed by atoms with Crippen molar-refractivity contribution in [1.82, 2.24) is 0 Å². The summed E-state index contributed by atoms with van der Waals surface area (Å²) in [6, 6.07) is 0. The number of halogens is 7. The van der Waals surface area contributed by atoms with Gasteiger partial charge in [0.05, 0.1) is 0 Å². The third kappa shape index (κ3) is 3.42. The maximum atomic E-state index is 13.7. The third-order valence-corrected chi connectivity index (χ3v) is 3.77. The van der Waals surface area contributed by atoms with Gasteiger partial charge in [0.1, 0.15) is 11.3 Å². The highest BCUT2D eigenvalue weighted by Crippen LogP contribution is 2.38. The first-order valence-electron chi connectivity index (χ1n) is 6.88. The van der Waals surface area contributed by atoms with Crippen LogP contribution in [0.5, 0.6) is 0 Å². The average Bonchev–Trinajstić information content (AvgIpc) is 2.49. The van der Waals surface area contributed by atoms with Gasteiger partial charge in [-0.1, -0.05) is 19.3 Å². The van der Waals surface area contributed by atoms with E-state index in [2.05, 4.69) is 0 Å². The van der Waals surface area contributed by atoms with Gasteiger partial charge in [0.15, 0.2) is 23.3 Å². The van der Waals surface area contributed by atoms with Gasteiger partial charge in [-0.2, -0.15) is 13.2 Å². The first-order valence-corrected chi connectivity index (χ1v) is 6.88. The van der Waals surface area contributed by atoms with Crippen LogP contribution in [0.15, 0.2) is 0 Å². The van der Waals surface area contributed by atoms with Crippen molar-refractivity contribution in [3.05, 3.63) is 28.8 Å². The van der Waals surface area contributed by atoms with Crippen LogP contribution in [0.4, 0.5) is 36.4 Å². The normalized spacial score (nSPS) is 16.5. The van der Waals surface area contributed by atoms with Gasteiger partial charge in [-0.3, -0.25) is 4.79 Å². The molecule has 1 N–H and O–H groups in total. The fourth-order valence-corrected chi connectivity index (χ4v) is 2.58. The number of amides is 1. The lowest BCUT2D eigenvalue weighted by atomic mass is 9.88. The van der Waals surface area contributed by atoms with E-state index in [0.29, 0.717) is 25.7 Å². The largest absolute Gasteiger partial charge is 0.422 e. The Morgan fingerprint density at radius 2 is 1.35 bits per heavy atom. The summed E-state index contributed by atoms with van der Waals surface area (Å²) in [4.78, 5) is 11.9. The predicted octanol–water partition coefficient (Wildman–Crippen LogP) is 4.78. The molecule has 0 saturated heterocycles. The highest BCUT2D eigenvalue weighted by molar-refractivity contribution is 5.92. The number of hydrogen-bond donors (Lipinski definition) is 1. The SMILES string of the molecule is O=C(Nc1c(F)c(F)c(C(F)(F)F)c(F)c1F)C1CCCCC1. The number of carbonyl (C=O) groups is 1. The van der Waals surface area contributed by atoms with Gasteiger partial charge >= 0.3 is 6.18 Å². The first kappa shape index (κ1) is 17.6. The Hall–Kier alpha value is -1.80. The van der Waals surface area contributed by atoms with Crippen LogP contribution in [-0.4, -0.2) is 5.91 Å². The van der Waals surface area contributed by atoms with Crippen molar-refractivity contribution in [1.29, 1.82) is 0 Å². The number of nitrogens with one attached hydrogen (secondary N) is 1. The first-order chi connectivity index (χ1) is 10.6. The van der Waals surface area contributed by atoms with Crippen LogP contribution in [0.1, 0.15) is 37.7 Å². The molecule has 1 aromatic carbocycles. The van der Waals surface area contributed by atoms with Crippen LogP contribution < -0.4 is 5.32 Å². The van der Waals surface area contributed by atoms with E-state index in [-0.39, 0.29) is 0 Å². The summed E-state index contributed by atoms with van der Waals surface area (Å²) in [5.74, 6) is -11.2. The van der Waals surface area contributed by atoms with Crippen LogP contribution >= 0.6 is 0 Å². The molecule has 128 valence electrons. The van der Waals surface area contributed by atoms with E-state index in [0.717, 1.165) is 6.42 Å². The Morgan fingerprint density at radius 1 is 0.870 bits per heavy atom. The lowest BCUT2D eigenvalue weighted by molar-refractivity contribution is -0.143. The minimum Gasteiger partial charge on any atom is -0.321 e. The monoisotopic (exact) mass is 343 g/mol. The van der Waals surface area contributed by atoms with Crippen molar-refractivity contribution in [2.45, 2.75) is 38.3 Å². The van der Waals surface area contributed by atoms with Crippen LogP contribution in [-0.2, 0) is 11.0 Å². The Morgan fingerprint density at radius 3 is 1.78 bits per heavy atom. The standard InChI is InChI=1S/C14H12F7NO/c15-8-7(14(19,20)21)9(16)11(18)12(10(8)17)22-13(23)6-4-2-1-3-5-6/h6H,1-5H2,(H,22,23). The lowest BCUT2D eigenvalue weighted by Crippen LogP contribution is -2.27. The minimum atomic E-state index is -5.61. The highest BCUT2D eigenvalue weighted by Gasteiger charge is 2.42. The number of benzene rings is 1. The smallest absolute Gasteiger partial charge is 0.321 e. The molecule has 2 nitrogen and oxygen atoms in total. The van der Waals surface area contributed by atoms with Crippen molar-refractivity contribution in [3.8, 4) is 0 Å².